The molecule has 2 aliphatic carbocycles. The van der Waals surface area contributed by atoms with Gasteiger partial charge >= 0.3 is 0 Å². The van der Waals surface area contributed by atoms with Crippen LogP contribution in [0.25, 0.3) is 0 Å². The maximum atomic E-state index is 4.36. The Morgan fingerprint density at radius 2 is 2.05 bits per heavy atom. The van der Waals surface area contributed by atoms with Crippen molar-refractivity contribution in [2.24, 2.45) is 5.92 Å². The van der Waals surface area contributed by atoms with Crippen LogP contribution in [0.1, 0.15) is 69.1 Å². The molecule has 0 amide bonds. The first-order valence-electron chi connectivity index (χ1n) is 7.83. The largest absolute Gasteiger partial charge is 0.0995 e. The first kappa shape index (κ1) is 13.0. The van der Waals surface area contributed by atoms with Gasteiger partial charge in [0.25, 0.3) is 0 Å². The third kappa shape index (κ3) is 1.96. The number of allylic oxidation sites excluding steroid dienone is 1. The van der Waals surface area contributed by atoms with E-state index in [9.17, 15) is 0 Å². The molecule has 3 rings (SSSR count). The summed E-state index contributed by atoms with van der Waals surface area (Å²) in [6.45, 7) is 11.4. The lowest BCUT2D eigenvalue weighted by Gasteiger charge is -2.47. The van der Waals surface area contributed by atoms with Crippen molar-refractivity contribution >= 4 is 0 Å². The van der Waals surface area contributed by atoms with Crippen molar-refractivity contribution in [1.82, 2.24) is 0 Å². The molecule has 0 aromatic heterocycles. The van der Waals surface area contributed by atoms with Crippen LogP contribution in [0, 0.1) is 5.92 Å². The third-order valence-electron chi connectivity index (χ3n) is 5.57. The van der Waals surface area contributed by atoms with Crippen molar-refractivity contribution in [2.75, 3.05) is 0 Å². The molecule has 1 fully saturated rings. The summed E-state index contributed by atoms with van der Waals surface area (Å²) in [7, 11) is 0. The highest BCUT2D eigenvalue weighted by Gasteiger charge is 2.43. The zero-order chi connectivity index (χ0) is 13.6. The summed E-state index contributed by atoms with van der Waals surface area (Å²) in [5.74, 6) is 1.36. The van der Waals surface area contributed by atoms with Gasteiger partial charge in [0.05, 0.1) is 0 Å². The number of rotatable bonds is 1. The monoisotopic (exact) mass is 254 g/mol. The average molecular weight is 254 g/mol. The molecule has 0 bridgehead atoms. The third-order valence-corrected chi connectivity index (χ3v) is 5.57. The molecule has 1 aromatic rings. The minimum absolute atomic E-state index is 0.360. The maximum absolute atomic E-state index is 4.36. The van der Waals surface area contributed by atoms with Gasteiger partial charge in [-0.25, -0.2) is 0 Å². The molecule has 0 aliphatic heterocycles. The molecule has 1 saturated carbocycles. The predicted octanol–water partition coefficient (Wildman–Crippen LogP) is 5.37. The Kier molecular flexibility index (Phi) is 3.08. The maximum Gasteiger partial charge on any atom is -0.000705 e. The lowest BCUT2D eigenvalue weighted by molar-refractivity contribution is 0.235. The summed E-state index contributed by atoms with van der Waals surface area (Å²) < 4.78 is 0. The quantitative estimate of drug-likeness (QED) is 0.591. The van der Waals surface area contributed by atoms with Gasteiger partial charge in [-0.05, 0) is 66.0 Å². The lowest BCUT2D eigenvalue weighted by atomic mass is 9.57. The van der Waals surface area contributed by atoms with E-state index in [4.69, 9.17) is 0 Å². The summed E-state index contributed by atoms with van der Waals surface area (Å²) in [6.07, 6.45) is 6.46. The van der Waals surface area contributed by atoms with Crippen molar-refractivity contribution in [3.8, 4) is 0 Å². The van der Waals surface area contributed by atoms with Crippen molar-refractivity contribution in [3.05, 3.63) is 47.0 Å². The fourth-order valence-electron chi connectivity index (χ4n) is 4.36. The molecule has 0 heterocycles. The minimum atomic E-state index is 0.360. The fraction of sp³-hybridized carbons (Fsp3) is 0.579. The van der Waals surface area contributed by atoms with Gasteiger partial charge in [0.2, 0.25) is 0 Å². The molecule has 2 atom stereocenters. The molecule has 0 radical (unpaired) electrons. The smallest absolute Gasteiger partial charge is 0.000705 e. The topological polar surface area (TPSA) is 0 Å². The highest BCUT2D eigenvalue weighted by molar-refractivity contribution is 5.43. The number of hydrogen-bond donors (Lipinski definition) is 0. The van der Waals surface area contributed by atoms with Crippen LogP contribution in [0.4, 0.5) is 0 Å². The molecule has 0 saturated heterocycles. The first-order valence-corrected chi connectivity index (χ1v) is 7.83. The standard InChI is InChI=1S/C19H26/c1-13(2)15-7-10-18-16(12-15)8-9-17-14(3)6-5-11-19(17,18)4/h7,10,12-13,17H,3,5-6,8-9,11H2,1-2,4H3/t17-,19-/m0/s1. The van der Waals surface area contributed by atoms with Crippen molar-refractivity contribution in [3.63, 3.8) is 0 Å². The van der Waals surface area contributed by atoms with E-state index in [1.807, 2.05) is 0 Å². The second kappa shape index (κ2) is 4.51. The number of fused-ring (bicyclic) bond motifs is 3. The molecule has 102 valence electrons. The molecule has 2 aliphatic rings. The molecule has 0 heteroatoms. The predicted molar refractivity (Wildman–Crippen MR) is 82.7 cm³/mol. The van der Waals surface area contributed by atoms with Gasteiger partial charge < -0.3 is 0 Å². The van der Waals surface area contributed by atoms with Gasteiger partial charge in [0.1, 0.15) is 0 Å². The van der Waals surface area contributed by atoms with Crippen molar-refractivity contribution in [1.29, 1.82) is 0 Å². The zero-order valence-corrected chi connectivity index (χ0v) is 12.6. The van der Waals surface area contributed by atoms with Gasteiger partial charge in [0, 0.05) is 0 Å². The van der Waals surface area contributed by atoms with E-state index >= 15 is 0 Å². The van der Waals surface area contributed by atoms with Crippen molar-refractivity contribution < 1.29 is 0 Å². The Labute approximate surface area is 117 Å². The Hall–Kier alpha value is -1.04. The molecular weight excluding hydrogens is 228 g/mol. The summed E-state index contributed by atoms with van der Waals surface area (Å²) in [4.78, 5) is 0. The minimum Gasteiger partial charge on any atom is -0.0995 e. The van der Waals surface area contributed by atoms with E-state index in [1.54, 1.807) is 11.1 Å². The van der Waals surface area contributed by atoms with Crippen LogP contribution >= 0.6 is 0 Å². The van der Waals surface area contributed by atoms with Crippen LogP contribution in [0.2, 0.25) is 0 Å². The highest BCUT2D eigenvalue weighted by Crippen LogP contribution is 2.51. The first-order chi connectivity index (χ1) is 9.02. The van der Waals surface area contributed by atoms with Crippen LogP contribution in [-0.2, 0) is 11.8 Å². The van der Waals surface area contributed by atoms with Crippen molar-refractivity contribution in [2.45, 2.75) is 64.2 Å². The average Bonchev–Trinajstić information content (AvgIpc) is 2.38. The lowest BCUT2D eigenvalue weighted by Crippen LogP contribution is -2.40. The van der Waals surface area contributed by atoms with Crippen LogP contribution in [0.5, 0.6) is 0 Å². The summed E-state index contributed by atoms with van der Waals surface area (Å²) >= 11 is 0. The number of hydrogen-bond acceptors (Lipinski definition) is 0. The van der Waals surface area contributed by atoms with Crippen LogP contribution in [0.15, 0.2) is 30.4 Å². The van der Waals surface area contributed by atoms with Crippen LogP contribution < -0.4 is 0 Å². The van der Waals surface area contributed by atoms with Gasteiger partial charge in [0.15, 0.2) is 0 Å². The van der Waals surface area contributed by atoms with Gasteiger partial charge in [-0.1, -0.05) is 51.1 Å². The Balaban J connectivity index is 2.06. The van der Waals surface area contributed by atoms with Crippen LogP contribution in [-0.4, -0.2) is 0 Å². The molecule has 0 N–H and O–H groups in total. The molecule has 1 aromatic carbocycles. The highest BCUT2D eigenvalue weighted by atomic mass is 14.5. The Bertz CT molecular complexity index is 509. The van der Waals surface area contributed by atoms with E-state index < -0.39 is 0 Å². The van der Waals surface area contributed by atoms with E-state index in [0.717, 1.165) is 5.92 Å². The van der Waals surface area contributed by atoms with E-state index in [1.165, 1.54) is 43.2 Å². The normalized spacial score (nSPS) is 30.1. The van der Waals surface area contributed by atoms with Gasteiger partial charge in [-0.15, -0.1) is 0 Å². The second-order valence-electron chi connectivity index (χ2n) is 7.09. The summed E-state index contributed by atoms with van der Waals surface area (Å²) in [6, 6.07) is 7.25. The SMILES string of the molecule is C=C1CCC[C@]2(C)c3ccc(C(C)C)cc3CC[C@@H]12. The van der Waals surface area contributed by atoms with E-state index in [0.29, 0.717) is 11.3 Å². The Morgan fingerprint density at radius 1 is 1.26 bits per heavy atom. The zero-order valence-electron chi connectivity index (χ0n) is 12.6. The number of benzene rings is 1. The van der Waals surface area contributed by atoms with Crippen LogP contribution in [0.3, 0.4) is 0 Å². The number of aryl methyl sites for hydroxylation is 1. The Morgan fingerprint density at radius 3 is 2.79 bits per heavy atom. The fourth-order valence-corrected chi connectivity index (χ4v) is 4.36. The van der Waals surface area contributed by atoms with Gasteiger partial charge in [-0.2, -0.15) is 0 Å². The molecule has 19 heavy (non-hydrogen) atoms. The molecular formula is C19H26. The van der Waals surface area contributed by atoms with E-state index in [2.05, 4.69) is 45.5 Å². The second-order valence-corrected chi connectivity index (χ2v) is 7.09. The molecule has 0 spiro atoms. The molecule has 0 nitrogen and oxygen atoms in total. The molecule has 0 unspecified atom stereocenters. The summed E-state index contributed by atoms with van der Waals surface area (Å²) in [5.41, 5.74) is 6.59. The van der Waals surface area contributed by atoms with Gasteiger partial charge in [-0.3, -0.25) is 0 Å². The summed E-state index contributed by atoms with van der Waals surface area (Å²) in [5, 5.41) is 0. The van der Waals surface area contributed by atoms with E-state index in [-0.39, 0.29) is 0 Å².